The van der Waals surface area contributed by atoms with Crippen molar-refractivity contribution in [2.24, 2.45) is 11.8 Å². The van der Waals surface area contributed by atoms with Crippen LogP contribution in [0.3, 0.4) is 0 Å². The minimum Gasteiger partial charge on any atom is -0.504 e. The van der Waals surface area contributed by atoms with Crippen molar-refractivity contribution in [3.05, 3.63) is 53.6 Å². The van der Waals surface area contributed by atoms with Gasteiger partial charge in [-0.1, -0.05) is 24.3 Å². The molecule has 1 amide bonds. The summed E-state index contributed by atoms with van der Waals surface area (Å²) in [7, 11) is 0. The molecule has 1 saturated heterocycles. The quantitative estimate of drug-likeness (QED) is 0.386. The maximum atomic E-state index is 13.8. The van der Waals surface area contributed by atoms with Gasteiger partial charge in [0.2, 0.25) is 5.91 Å². The molecule has 2 heterocycles. The summed E-state index contributed by atoms with van der Waals surface area (Å²) in [5.41, 5.74) is 5.78. The third kappa shape index (κ3) is 2.81. The van der Waals surface area contributed by atoms with E-state index in [0.29, 0.717) is 30.2 Å². The van der Waals surface area contributed by atoms with Crippen molar-refractivity contribution >= 4 is 17.4 Å². The van der Waals surface area contributed by atoms with Crippen molar-refractivity contribution in [2.75, 3.05) is 18.5 Å². The summed E-state index contributed by atoms with van der Waals surface area (Å²) in [4.78, 5) is 29.5. The van der Waals surface area contributed by atoms with Crippen molar-refractivity contribution in [3.8, 4) is 11.5 Å². The second kappa shape index (κ2) is 7.21. The SMILES string of the molecule is O=C(NNc1ccccc1)C1C[C@@]2(O)[C@H]3Cc4ccc(O)c5c4[C@@]2(CCN3CC2CC2)[C@@H](O5)C1=O. The van der Waals surface area contributed by atoms with Gasteiger partial charge in [0.25, 0.3) is 0 Å². The molecular weight excluding hydrogens is 446 g/mol. The summed E-state index contributed by atoms with van der Waals surface area (Å²) in [6, 6.07) is 12.5. The van der Waals surface area contributed by atoms with Crippen molar-refractivity contribution in [1.82, 2.24) is 10.3 Å². The highest BCUT2D eigenvalue weighted by Crippen LogP contribution is 2.65. The minimum atomic E-state index is -1.32. The third-order valence-corrected chi connectivity index (χ3v) is 9.05. The molecule has 1 unspecified atom stereocenters. The molecule has 1 spiro atoms. The Morgan fingerprint density at radius 1 is 1.17 bits per heavy atom. The van der Waals surface area contributed by atoms with Crippen LogP contribution in [-0.4, -0.2) is 57.6 Å². The van der Waals surface area contributed by atoms with E-state index in [0.717, 1.165) is 24.2 Å². The van der Waals surface area contributed by atoms with E-state index in [2.05, 4.69) is 15.8 Å². The van der Waals surface area contributed by atoms with Crippen LogP contribution in [0, 0.1) is 11.8 Å². The van der Waals surface area contributed by atoms with Gasteiger partial charge in [-0.25, -0.2) is 0 Å². The summed E-state index contributed by atoms with van der Waals surface area (Å²) in [5.74, 6) is -0.941. The number of aromatic hydroxyl groups is 1. The number of piperidine rings is 1. The molecule has 2 saturated carbocycles. The first-order valence-electron chi connectivity index (χ1n) is 12.6. The zero-order valence-corrected chi connectivity index (χ0v) is 19.4. The average Bonchev–Trinajstić information content (AvgIpc) is 3.60. The number of ketones is 1. The number of benzene rings is 2. The van der Waals surface area contributed by atoms with Gasteiger partial charge < -0.3 is 14.9 Å². The lowest BCUT2D eigenvalue weighted by molar-refractivity contribution is -0.198. The lowest BCUT2D eigenvalue weighted by Gasteiger charge is -2.63. The highest BCUT2D eigenvalue weighted by atomic mass is 16.5. The fourth-order valence-corrected chi connectivity index (χ4v) is 7.27. The molecule has 2 aromatic rings. The Bertz CT molecular complexity index is 1230. The molecule has 2 bridgehead atoms. The molecule has 182 valence electrons. The van der Waals surface area contributed by atoms with E-state index >= 15 is 0 Å². The number of hydrogen-bond donors (Lipinski definition) is 4. The topological polar surface area (TPSA) is 111 Å². The molecule has 3 fully saturated rings. The lowest BCUT2D eigenvalue weighted by atomic mass is 9.47. The fraction of sp³-hybridized carbons (Fsp3) is 0.481. The highest BCUT2D eigenvalue weighted by molar-refractivity contribution is 6.06. The normalized spacial score (nSPS) is 34.7. The largest absolute Gasteiger partial charge is 0.504 e. The number of carbonyl (C=O) groups is 2. The molecule has 0 radical (unpaired) electrons. The Labute approximate surface area is 203 Å². The first-order chi connectivity index (χ1) is 16.9. The number of nitrogens with zero attached hydrogens (tertiary/aromatic N) is 1. The molecule has 2 aromatic carbocycles. The fourth-order valence-electron chi connectivity index (χ4n) is 7.27. The number of hydrazine groups is 1. The van der Waals surface area contributed by atoms with Gasteiger partial charge in [0, 0.05) is 18.2 Å². The number of rotatable bonds is 5. The predicted octanol–water partition coefficient (Wildman–Crippen LogP) is 1.89. The van der Waals surface area contributed by atoms with Crippen LogP contribution in [0.5, 0.6) is 11.5 Å². The minimum absolute atomic E-state index is 0.0201. The van der Waals surface area contributed by atoms with Crippen LogP contribution in [0.15, 0.2) is 42.5 Å². The number of carbonyl (C=O) groups excluding carboxylic acids is 2. The summed E-state index contributed by atoms with van der Waals surface area (Å²) >= 11 is 0. The van der Waals surface area contributed by atoms with E-state index in [4.69, 9.17) is 4.74 Å². The molecular formula is C27H29N3O5. The van der Waals surface area contributed by atoms with Crippen LogP contribution < -0.4 is 15.6 Å². The van der Waals surface area contributed by atoms with Crippen molar-refractivity contribution in [1.29, 1.82) is 0 Å². The summed E-state index contributed by atoms with van der Waals surface area (Å²) in [6.07, 6.45) is 2.62. The van der Waals surface area contributed by atoms with Crippen LogP contribution >= 0.6 is 0 Å². The van der Waals surface area contributed by atoms with E-state index in [1.165, 1.54) is 12.8 Å². The molecule has 8 heteroatoms. The Morgan fingerprint density at radius 2 is 1.97 bits per heavy atom. The van der Waals surface area contributed by atoms with Gasteiger partial charge in [-0.15, -0.1) is 0 Å². The van der Waals surface area contributed by atoms with Gasteiger partial charge >= 0.3 is 0 Å². The first-order valence-corrected chi connectivity index (χ1v) is 12.6. The molecule has 7 rings (SSSR count). The highest BCUT2D eigenvalue weighted by Gasteiger charge is 2.75. The Morgan fingerprint density at radius 3 is 2.74 bits per heavy atom. The summed E-state index contributed by atoms with van der Waals surface area (Å²) < 4.78 is 6.18. The summed E-state index contributed by atoms with van der Waals surface area (Å²) in [6.45, 7) is 1.69. The predicted molar refractivity (Wildman–Crippen MR) is 127 cm³/mol. The van der Waals surface area contributed by atoms with Crippen LogP contribution in [0.25, 0.3) is 0 Å². The number of aliphatic hydroxyl groups is 1. The average molecular weight is 476 g/mol. The molecule has 2 aliphatic heterocycles. The number of Topliss-reactive ketones (excluding diaryl/α,β-unsaturated/α-hetero) is 1. The van der Waals surface area contributed by atoms with Crippen LogP contribution in [0.4, 0.5) is 5.69 Å². The standard InChI is InChI=1S/C27H29N3O5/c31-19-9-8-16-12-20-27(34)13-18(25(33)29-28-17-4-2-1-3-5-17)22(32)24-26(27,21(16)23(19)35-24)10-11-30(20)14-15-6-7-15/h1-5,8-9,15,18,20,24,28,31,34H,6-7,10-14H2,(H,29,33)/t18?,20-,24+,26+,27-/m1/s1. The van der Waals surface area contributed by atoms with E-state index in [9.17, 15) is 19.8 Å². The Kier molecular flexibility index (Phi) is 4.37. The van der Waals surface area contributed by atoms with Gasteiger partial charge in [0.1, 0.15) is 5.92 Å². The number of likely N-dealkylation sites (tertiary alicyclic amines) is 1. The lowest BCUT2D eigenvalue weighted by Crippen LogP contribution is -2.78. The van der Waals surface area contributed by atoms with Crippen molar-refractivity contribution in [3.63, 3.8) is 0 Å². The smallest absolute Gasteiger partial charge is 0.249 e. The van der Waals surface area contributed by atoms with Crippen molar-refractivity contribution < 1.29 is 24.5 Å². The van der Waals surface area contributed by atoms with Crippen LogP contribution in [-0.2, 0) is 21.4 Å². The van der Waals surface area contributed by atoms with E-state index in [1.54, 1.807) is 6.07 Å². The second-order valence-corrected chi connectivity index (χ2v) is 10.9. The maximum Gasteiger partial charge on any atom is 0.249 e. The Hall–Kier alpha value is -3.10. The zero-order valence-electron chi connectivity index (χ0n) is 19.4. The maximum absolute atomic E-state index is 13.8. The summed E-state index contributed by atoms with van der Waals surface area (Å²) in [5, 5.41) is 23.2. The number of para-hydroxylation sites is 1. The molecule has 3 aliphatic carbocycles. The number of ether oxygens (including phenoxy) is 1. The van der Waals surface area contributed by atoms with Crippen LogP contribution in [0.2, 0.25) is 0 Å². The molecule has 8 nitrogen and oxygen atoms in total. The monoisotopic (exact) mass is 475 g/mol. The first kappa shape index (κ1) is 21.2. The van der Waals surface area contributed by atoms with Crippen molar-refractivity contribution in [2.45, 2.75) is 55.3 Å². The number of nitrogens with one attached hydrogen (secondary N) is 2. The number of anilines is 1. The molecule has 35 heavy (non-hydrogen) atoms. The van der Waals surface area contributed by atoms with Gasteiger partial charge in [-0.05, 0) is 68.3 Å². The second-order valence-electron chi connectivity index (χ2n) is 10.9. The zero-order chi connectivity index (χ0) is 23.9. The third-order valence-electron chi connectivity index (χ3n) is 9.05. The van der Waals surface area contributed by atoms with E-state index < -0.39 is 28.9 Å². The molecule has 5 aliphatic rings. The molecule has 0 aromatic heterocycles. The van der Waals surface area contributed by atoms with Gasteiger partial charge in [-0.2, -0.15) is 0 Å². The number of hydrogen-bond acceptors (Lipinski definition) is 7. The molecule has 4 N–H and O–H groups in total. The van der Waals surface area contributed by atoms with E-state index in [1.807, 2.05) is 36.4 Å². The van der Waals surface area contributed by atoms with Crippen LogP contribution in [0.1, 0.15) is 36.8 Å². The number of phenols is 1. The molecule has 5 atom stereocenters. The van der Waals surface area contributed by atoms with Gasteiger partial charge in [0.05, 0.1) is 16.7 Å². The van der Waals surface area contributed by atoms with Gasteiger partial charge in [0.15, 0.2) is 23.4 Å². The number of phenolic OH excluding ortho intramolecular Hbond substituents is 1. The Balaban J connectivity index is 1.28. The van der Waals surface area contributed by atoms with E-state index in [-0.39, 0.29) is 24.0 Å². The number of amides is 1. The van der Waals surface area contributed by atoms with Gasteiger partial charge in [-0.3, -0.25) is 25.3 Å².